The van der Waals surface area contributed by atoms with Crippen LogP contribution in [0.25, 0.3) is 0 Å². The number of ketones is 1. The second-order valence-corrected chi connectivity index (χ2v) is 17.6. The van der Waals surface area contributed by atoms with Gasteiger partial charge in [0.05, 0.1) is 45.7 Å². The van der Waals surface area contributed by atoms with Crippen molar-refractivity contribution < 1.29 is 62.7 Å². The molecule has 0 bridgehead atoms. The number of hydrogen-bond acceptors (Lipinski definition) is 12. The maximum atomic E-state index is 12.5. The lowest BCUT2D eigenvalue weighted by Gasteiger charge is -2.35. The molecule has 0 aliphatic rings. The van der Waals surface area contributed by atoms with Crippen LogP contribution in [0.5, 0.6) is 0 Å². The predicted molar refractivity (Wildman–Crippen MR) is 225 cm³/mol. The average Bonchev–Trinajstić information content (AvgIpc) is 3.14. The van der Waals surface area contributed by atoms with Crippen LogP contribution in [0.2, 0.25) is 0 Å². The molecule has 2 atom stereocenters. The molecule has 0 aliphatic carbocycles. The maximum absolute atomic E-state index is 12.5. The summed E-state index contributed by atoms with van der Waals surface area (Å²) in [4.78, 5) is 83.7. The zero-order chi connectivity index (χ0) is 45.6. The van der Waals surface area contributed by atoms with Crippen LogP contribution in [0.1, 0.15) is 119 Å². The number of carboxylic acids is 2. The molecule has 0 fully saturated rings. The molecule has 0 rings (SSSR count). The van der Waals surface area contributed by atoms with Crippen LogP contribution < -0.4 is 26.6 Å². The predicted octanol–water partition coefficient (Wildman–Crippen LogP) is 2.60. The molecule has 0 radical (unpaired) electrons. The third-order valence-electron chi connectivity index (χ3n) is 9.52. The molecule has 0 saturated heterocycles. The number of carboxylic acid groups (broad SMARTS) is 2. The van der Waals surface area contributed by atoms with Gasteiger partial charge in [-0.1, -0.05) is 48.5 Å². The van der Waals surface area contributed by atoms with Gasteiger partial charge in [-0.2, -0.15) is 0 Å². The number of likely N-dealkylation sites (N-methyl/N-ethyl adjacent to an activating group) is 1. The summed E-state index contributed by atoms with van der Waals surface area (Å²) in [6, 6.07) is -1.40. The molecule has 18 heteroatoms. The van der Waals surface area contributed by atoms with E-state index in [4.69, 9.17) is 24.1 Å². The molecule has 348 valence electrons. The molecule has 0 heterocycles. The number of aliphatic carboxylic acids is 2. The lowest BCUT2D eigenvalue weighted by atomic mass is 9.71. The Morgan fingerprint density at radius 2 is 1.05 bits per heavy atom. The van der Waals surface area contributed by atoms with E-state index >= 15 is 0 Å². The van der Waals surface area contributed by atoms with Gasteiger partial charge in [0.25, 0.3) is 0 Å². The minimum atomic E-state index is -1.22. The Balaban J connectivity index is 3.88. The van der Waals surface area contributed by atoms with E-state index in [0.29, 0.717) is 32.2 Å². The quantitative estimate of drug-likeness (QED) is 0.0444. The largest absolute Gasteiger partial charge is 0.481 e. The number of hydrogen-bond donors (Lipinski definition) is 7. The first-order valence-electron chi connectivity index (χ1n) is 21.1. The first-order chi connectivity index (χ1) is 28.1. The smallest absolute Gasteiger partial charge is 0.326 e. The highest BCUT2D eigenvalue weighted by Gasteiger charge is 2.30. The van der Waals surface area contributed by atoms with Crippen LogP contribution in [0.3, 0.4) is 0 Å². The summed E-state index contributed by atoms with van der Waals surface area (Å²) in [7, 11) is 1.78. The van der Waals surface area contributed by atoms with Gasteiger partial charge in [-0.15, -0.1) is 0 Å². The molecule has 0 saturated carbocycles. The van der Waals surface area contributed by atoms with Crippen LogP contribution in [0.4, 0.5) is 0 Å². The van der Waals surface area contributed by atoms with Crippen molar-refractivity contribution in [3.63, 3.8) is 0 Å². The van der Waals surface area contributed by atoms with Gasteiger partial charge in [0.2, 0.25) is 23.6 Å². The van der Waals surface area contributed by atoms with Gasteiger partial charge in [-0.3, -0.25) is 28.8 Å². The minimum absolute atomic E-state index is 0.0717. The van der Waals surface area contributed by atoms with Gasteiger partial charge in [-0.05, 0) is 69.2 Å². The molecule has 60 heavy (non-hydrogen) atoms. The van der Waals surface area contributed by atoms with Gasteiger partial charge in [0.1, 0.15) is 19.3 Å². The number of rotatable bonds is 37. The Morgan fingerprint density at radius 3 is 1.57 bits per heavy atom. The normalized spacial score (nSPS) is 12.9. The SMILES string of the molecule is CN[C@@H](CCCCNC(=O)COCCOCCNC(=O)COCCOCCNC(=O)CC[C@H](NC(=O)CCCC(C)(C)CC(C)(C)CCC(=O)O)C(=O)O)C(=O)C(C)(C)C. The van der Waals surface area contributed by atoms with Crippen molar-refractivity contribution in [1.82, 2.24) is 26.6 Å². The standard InChI is InChI=1S/C42H77N5O13/c1-40(2,3)38(54)31(43-8)12-9-10-19-44-35(50)28-59-26-25-58-23-21-46-36(51)29-60-27-24-57-22-20-45-33(48)15-14-32(39(55)56)47-34(49)13-11-17-41(4,5)30-42(6,7)18-16-37(52)53/h31-32,43H,9-30H2,1-8H3,(H,44,50)(H,45,48)(H,46,51)(H,47,49)(H,52,53)(H,55,56)/t31-,32-/m0/s1. The zero-order valence-electron chi connectivity index (χ0n) is 37.6. The van der Waals surface area contributed by atoms with Crippen molar-refractivity contribution in [2.45, 2.75) is 131 Å². The molecule has 7 N–H and O–H groups in total. The molecule has 0 aromatic carbocycles. The van der Waals surface area contributed by atoms with Crippen LogP contribution in [0, 0.1) is 16.2 Å². The Kier molecular flexibility index (Phi) is 29.3. The summed E-state index contributed by atoms with van der Waals surface area (Å²) in [6.45, 7) is 15.9. The Morgan fingerprint density at radius 1 is 0.533 bits per heavy atom. The van der Waals surface area contributed by atoms with E-state index in [1.807, 2.05) is 34.6 Å². The second kappa shape index (κ2) is 31.2. The highest BCUT2D eigenvalue weighted by atomic mass is 16.5. The lowest BCUT2D eigenvalue weighted by molar-refractivity contribution is -0.142. The number of carbonyl (C=O) groups is 7. The Labute approximate surface area is 357 Å². The monoisotopic (exact) mass is 860 g/mol. The fraction of sp³-hybridized carbons (Fsp3) is 0.833. The van der Waals surface area contributed by atoms with Crippen LogP contribution in [-0.2, 0) is 52.5 Å². The Bertz CT molecular complexity index is 1300. The van der Waals surface area contributed by atoms with Gasteiger partial charge >= 0.3 is 11.9 Å². The van der Waals surface area contributed by atoms with E-state index in [1.165, 1.54) is 0 Å². The summed E-state index contributed by atoms with van der Waals surface area (Å²) in [6.07, 6.45) is 4.94. The molecule has 0 aliphatic heterocycles. The molecule has 0 aromatic rings. The minimum Gasteiger partial charge on any atom is -0.481 e. The first-order valence-corrected chi connectivity index (χ1v) is 21.1. The number of ether oxygens (including phenoxy) is 4. The summed E-state index contributed by atoms with van der Waals surface area (Å²) in [5.41, 5.74) is -0.699. The van der Waals surface area contributed by atoms with E-state index < -0.39 is 29.3 Å². The molecule has 0 unspecified atom stereocenters. The summed E-state index contributed by atoms with van der Waals surface area (Å²) < 4.78 is 21.4. The second-order valence-electron chi connectivity index (χ2n) is 17.6. The highest BCUT2D eigenvalue weighted by Crippen LogP contribution is 2.40. The van der Waals surface area contributed by atoms with Crippen molar-refractivity contribution >= 4 is 41.4 Å². The third kappa shape index (κ3) is 31.2. The van der Waals surface area contributed by atoms with Crippen molar-refractivity contribution in [2.75, 3.05) is 79.5 Å². The van der Waals surface area contributed by atoms with E-state index in [9.17, 15) is 38.7 Å². The Hall–Kier alpha value is -3.71. The topological polar surface area (TPSA) is 257 Å². The van der Waals surface area contributed by atoms with Gasteiger partial charge in [-0.25, -0.2) is 4.79 Å². The molecule has 0 spiro atoms. The van der Waals surface area contributed by atoms with Crippen LogP contribution >= 0.6 is 0 Å². The van der Waals surface area contributed by atoms with Crippen LogP contribution in [-0.4, -0.2) is 143 Å². The molecule has 18 nitrogen and oxygen atoms in total. The van der Waals surface area contributed by atoms with Gasteiger partial charge in [0, 0.05) is 44.3 Å². The van der Waals surface area contributed by atoms with E-state index in [2.05, 4.69) is 40.4 Å². The molecular formula is C42H77N5O13. The summed E-state index contributed by atoms with van der Waals surface area (Å²) in [5.74, 6) is -3.22. The van der Waals surface area contributed by atoms with Crippen LogP contribution in [0.15, 0.2) is 0 Å². The molecule has 4 amide bonds. The summed E-state index contributed by atoms with van der Waals surface area (Å²) >= 11 is 0. The zero-order valence-corrected chi connectivity index (χ0v) is 37.6. The third-order valence-corrected chi connectivity index (χ3v) is 9.52. The van der Waals surface area contributed by atoms with Gasteiger partial charge in [0.15, 0.2) is 5.78 Å². The number of amides is 4. The highest BCUT2D eigenvalue weighted by molar-refractivity contribution is 5.88. The van der Waals surface area contributed by atoms with E-state index in [1.54, 1.807) is 7.05 Å². The van der Waals surface area contributed by atoms with Crippen molar-refractivity contribution in [3.8, 4) is 0 Å². The van der Waals surface area contributed by atoms with E-state index in [0.717, 1.165) is 19.3 Å². The number of nitrogens with one attached hydrogen (secondary N) is 5. The van der Waals surface area contributed by atoms with Crippen molar-refractivity contribution in [3.05, 3.63) is 0 Å². The fourth-order valence-corrected chi connectivity index (χ4v) is 6.56. The van der Waals surface area contributed by atoms with Gasteiger partial charge < -0.3 is 55.7 Å². The number of Topliss-reactive ketones (excluding diaryl/α,β-unsaturated/α-hetero) is 1. The van der Waals surface area contributed by atoms with E-state index in [-0.39, 0.29) is 132 Å². The first kappa shape index (κ1) is 56.3. The maximum Gasteiger partial charge on any atom is 0.326 e. The fourth-order valence-electron chi connectivity index (χ4n) is 6.56. The van der Waals surface area contributed by atoms with Crippen molar-refractivity contribution in [1.29, 1.82) is 0 Å². The number of carbonyl (C=O) groups excluding carboxylic acids is 5. The summed E-state index contributed by atoms with van der Waals surface area (Å²) in [5, 5.41) is 32.2. The molecule has 0 aromatic heterocycles. The molecular weight excluding hydrogens is 782 g/mol. The average molecular weight is 860 g/mol. The lowest BCUT2D eigenvalue weighted by Crippen LogP contribution is -2.41. The van der Waals surface area contributed by atoms with Crippen molar-refractivity contribution in [2.24, 2.45) is 16.2 Å². The number of unbranched alkanes of at least 4 members (excludes halogenated alkanes) is 1.